The van der Waals surface area contributed by atoms with Crippen molar-refractivity contribution >= 4 is 17.5 Å². The highest BCUT2D eigenvalue weighted by Gasteiger charge is 2.14. The molecule has 0 saturated carbocycles. The zero-order valence-corrected chi connectivity index (χ0v) is 17.4. The van der Waals surface area contributed by atoms with E-state index in [1.54, 1.807) is 0 Å². The van der Waals surface area contributed by atoms with E-state index in [-0.39, 0.29) is 18.4 Å². The van der Waals surface area contributed by atoms with Gasteiger partial charge in [-0.05, 0) is 69.2 Å². The molecule has 1 aromatic rings. The van der Waals surface area contributed by atoms with E-state index in [2.05, 4.69) is 30.6 Å². The Labute approximate surface area is 169 Å². The predicted octanol–water partition coefficient (Wildman–Crippen LogP) is 4.37. The molecule has 2 amide bonds. The summed E-state index contributed by atoms with van der Waals surface area (Å²) in [7, 11) is 0. The van der Waals surface area contributed by atoms with Crippen molar-refractivity contribution in [3.63, 3.8) is 0 Å². The highest BCUT2D eigenvalue weighted by Crippen LogP contribution is 2.19. The van der Waals surface area contributed by atoms with Crippen LogP contribution in [0.4, 0.5) is 5.69 Å². The standard InChI is InChI=1S/C23H35N3O2/c1-3-16-26(17-4-2)23(28)20-10-12-21(13-11-20)25-18-22(27)24-15-14-19-8-6-5-7-9-19/h8,10-13,25H,3-7,9,14-18H2,1-2H3,(H,24,27). The van der Waals surface area contributed by atoms with Crippen molar-refractivity contribution in [1.29, 1.82) is 0 Å². The number of allylic oxidation sites excluding steroid dienone is 1. The molecular weight excluding hydrogens is 350 g/mol. The van der Waals surface area contributed by atoms with Gasteiger partial charge in [-0.3, -0.25) is 9.59 Å². The van der Waals surface area contributed by atoms with E-state index in [9.17, 15) is 9.59 Å². The van der Waals surface area contributed by atoms with Crippen molar-refractivity contribution in [3.05, 3.63) is 41.5 Å². The van der Waals surface area contributed by atoms with Crippen LogP contribution in [-0.4, -0.2) is 42.9 Å². The van der Waals surface area contributed by atoms with Crippen LogP contribution in [0.2, 0.25) is 0 Å². The summed E-state index contributed by atoms with van der Waals surface area (Å²) in [5, 5.41) is 6.10. The van der Waals surface area contributed by atoms with Crippen molar-refractivity contribution in [1.82, 2.24) is 10.2 Å². The van der Waals surface area contributed by atoms with E-state index < -0.39 is 0 Å². The lowest BCUT2D eigenvalue weighted by atomic mass is 9.97. The van der Waals surface area contributed by atoms with E-state index in [1.807, 2.05) is 29.2 Å². The van der Waals surface area contributed by atoms with Crippen LogP contribution in [0.25, 0.3) is 0 Å². The normalized spacial score (nSPS) is 13.6. The third-order valence-corrected chi connectivity index (χ3v) is 5.01. The van der Waals surface area contributed by atoms with Gasteiger partial charge >= 0.3 is 0 Å². The van der Waals surface area contributed by atoms with E-state index >= 15 is 0 Å². The number of anilines is 1. The fourth-order valence-electron chi connectivity index (χ4n) is 3.51. The zero-order chi connectivity index (χ0) is 20.2. The number of rotatable bonds is 11. The van der Waals surface area contributed by atoms with Crippen molar-refractivity contribution in [2.45, 2.75) is 58.8 Å². The molecule has 0 radical (unpaired) electrons. The number of carbonyl (C=O) groups excluding carboxylic acids is 2. The maximum atomic E-state index is 12.6. The number of hydrogen-bond donors (Lipinski definition) is 2. The first-order chi connectivity index (χ1) is 13.6. The first kappa shape index (κ1) is 22.0. The molecule has 0 aliphatic heterocycles. The van der Waals surface area contributed by atoms with Crippen LogP contribution in [0.3, 0.4) is 0 Å². The summed E-state index contributed by atoms with van der Waals surface area (Å²) in [4.78, 5) is 26.5. The second-order valence-corrected chi connectivity index (χ2v) is 7.43. The van der Waals surface area contributed by atoms with Crippen LogP contribution in [0.15, 0.2) is 35.9 Å². The van der Waals surface area contributed by atoms with Gasteiger partial charge in [0, 0.05) is 30.9 Å². The van der Waals surface area contributed by atoms with Gasteiger partial charge in [0.1, 0.15) is 0 Å². The average Bonchev–Trinajstić information content (AvgIpc) is 2.73. The minimum Gasteiger partial charge on any atom is -0.376 e. The molecule has 0 bridgehead atoms. The fourth-order valence-corrected chi connectivity index (χ4v) is 3.51. The lowest BCUT2D eigenvalue weighted by Gasteiger charge is -2.21. The fraction of sp³-hybridized carbons (Fsp3) is 0.565. The maximum Gasteiger partial charge on any atom is 0.253 e. The molecule has 5 nitrogen and oxygen atoms in total. The van der Waals surface area contributed by atoms with Crippen LogP contribution in [0.5, 0.6) is 0 Å². The van der Waals surface area contributed by atoms with Gasteiger partial charge in [0.05, 0.1) is 6.54 Å². The van der Waals surface area contributed by atoms with Gasteiger partial charge in [-0.1, -0.05) is 25.5 Å². The van der Waals surface area contributed by atoms with E-state index in [0.29, 0.717) is 12.1 Å². The Bertz CT molecular complexity index is 646. The molecule has 28 heavy (non-hydrogen) atoms. The summed E-state index contributed by atoms with van der Waals surface area (Å²) < 4.78 is 0. The Kier molecular flexibility index (Phi) is 9.60. The zero-order valence-electron chi connectivity index (χ0n) is 17.4. The van der Waals surface area contributed by atoms with Gasteiger partial charge in [0.25, 0.3) is 5.91 Å². The smallest absolute Gasteiger partial charge is 0.253 e. The van der Waals surface area contributed by atoms with Crippen LogP contribution in [-0.2, 0) is 4.79 Å². The van der Waals surface area contributed by atoms with Crippen LogP contribution in [0, 0.1) is 0 Å². The van der Waals surface area contributed by atoms with Crippen LogP contribution in [0.1, 0.15) is 69.2 Å². The molecule has 2 rings (SSSR count). The maximum absolute atomic E-state index is 12.6. The Morgan fingerprint density at radius 1 is 1.04 bits per heavy atom. The molecule has 1 aliphatic carbocycles. The first-order valence-corrected chi connectivity index (χ1v) is 10.7. The Morgan fingerprint density at radius 2 is 1.75 bits per heavy atom. The number of hydrogen-bond acceptors (Lipinski definition) is 3. The van der Waals surface area contributed by atoms with Gasteiger partial charge in [-0.15, -0.1) is 0 Å². The van der Waals surface area contributed by atoms with Crippen LogP contribution < -0.4 is 10.6 Å². The number of nitrogens with zero attached hydrogens (tertiary/aromatic N) is 1. The second kappa shape index (κ2) is 12.2. The van der Waals surface area contributed by atoms with Crippen molar-refractivity contribution in [3.8, 4) is 0 Å². The van der Waals surface area contributed by atoms with Gasteiger partial charge in [0.15, 0.2) is 0 Å². The van der Waals surface area contributed by atoms with Gasteiger partial charge in [0.2, 0.25) is 5.91 Å². The number of amides is 2. The third-order valence-electron chi connectivity index (χ3n) is 5.01. The second-order valence-electron chi connectivity index (χ2n) is 7.43. The Balaban J connectivity index is 1.74. The monoisotopic (exact) mass is 385 g/mol. The summed E-state index contributed by atoms with van der Waals surface area (Å²) in [5.74, 6) is 0.0682. The SMILES string of the molecule is CCCN(CCC)C(=O)c1ccc(NCC(=O)NCCC2=CCCCC2)cc1. The number of benzene rings is 1. The molecule has 2 N–H and O–H groups in total. The molecule has 0 saturated heterocycles. The molecule has 154 valence electrons. The molecular formula is C23H35N3O2. The number of carbonyl (C=O) groups is 2. The highest BCUT2D eigenvalue weighted by molar-refractivity contribution is 5.94. The van der Waals surface area contributed by atoms with Crippen molar-refractivity contribution in [2.75, 3.05) is 31.5 Å². The Morgan fingerprint density at radius 3 is 2.36 bits per heavy atom. The molecule has 5 heteroatoms. The van der Waals surface area contributed by atoms with E-state index in [1.165, 1.54) is 31.3 Å². The minimum absolute atomic E-state index is 0.00590. The summed E-state index contributed by atoms with van der Waals surface area (Å²) in [5.41, 5.74) is 3.01. The molecule has 0 fully saturated rings. The van der Waals surface area contributed by atoms with Crippen LogP contribution >= 0.6 is 0 Å². The molecule has 1 aliphatic rings. The molecule has 1 aromatic carbocycles. The lowest BCUT2D eigenvalue weighted by molar-refractivity contribution is -0.119. The van der Waals surface area contributed by atoms with Gasteiger partial charge in [-0.25, -0.2) is 0 Å². The van der Waals surface area contributed by atoms with E-state index in [4.69, 9.17) is 0 Å². The largest absolute Gasteiger partial charge is 0.376 e. The molecule has 0 spiro atoms. The number of nitrogens with one attached hydrogen (secondary N) is 2. The topological polar surface area (TPSA) is 61.4 Å². The quantitative estimate of drug-likeness (QED) is 0.556. The molecule has 0 heterocycles. The lowest BCUT2D eigenvalue weighted by Crippen LogP contribution is -2.32. The molecule has 0 atom stereocenters. The Hall–Kier alpha value is -2.30. The average molecular weight is 386 g/mol. The minimum atomic E-state index is -0.00590. The molecule has 0 unspecified atom stereocenters. The third kappa shape index (κ3) is 7.37. The summed E-state index contributed by atoms with van der Waals surface area (Å²) >= 11 is 0. The van der Waals surface area contributed by atoms with Crippen molar-refractivity contribution in [2.24, 2.45) is 0 Å². The van der Waals surface area contributed by atoms with E-state index in [0.717, 1.165) is 38.0 Å². The summed E-state index contributed by atoms with van der Waals surface area (Å²) in [6.07, 6.45) is 10.1. The van der Waals surface area contributed by atoms with Gasteiger partial charge in [-0.2, -0.15) is 0 Å². The summed E-state index contributed by atoms with van der Waals surface area (Å²) in [6, 6.07) is 7.39. The highest BCUT2D eigenvalue weighted by atomic mass is 16.2. The first-order valence-electron chi connectivity index (χ1n) is 10.7. The van der Waals surface area contributed by atoms with Crippen molar-refractivity contribution < 1.29 is 9.59 Å². The predicted molar refractivity (Wildman–Crippen MR) is 116 cm³/mol. The summed E-state index contributed by atoms with van der Waals surface area (Å²) in [6.45, 7) is 6.67. The molecule has 0 aromatic heterocycles. The van der Waals surface area contributed by atoms with Gasteiger partial charge < -0.3 is 15.5 Å².